The summed E-state index contributed by atoms with van der Waals surface area (Å²) in [7, 11) is -3.50. The first-order valence-electron chi connectivity index (χ1n) is 8.48. The van der Waals surface area contributed by atoms with Crippen LogP contribution in [-0.4, -0.2) is 38.3 Å². The van der Waals surface area contributed by atoms with Crippen molar-refractivity contribution in [1.82, 2.24) is 9.62 Å². The summed E-state index contributed by atoms with van der Waals surface area (Å²) in [6.07, 6.45) is 5.93. The van der Waals surface area contributed by atoms with Crippen LogP contribution in [0.15, 0.2) is 20.1 Å². The molecule has 24 heavy (non-hydrogen) atoms. The van der Waals surface area contributed by atoms with Gasteiger partial charge >= 0.3 is 0 Å². The Hall–Kier alpha value is -0.440. The Morgan fingerprint density at radius 1 is 1.38 bits per heavy atom. The smallest absolute Gasteiger partial charge is 0.252 e. The highest BCUT2D eigenvalue weighted by molar-refractivity contribution is 9.11. The number of sulfonamides is 1. The summed E-state index contributed by atoms with van der Waals surface area (Å²) in [6.45, 7) is 3.60. The molecule has 0 saturated carbocycles. The second-order valence-corrected chi connectivity index (χ2v) is 10.7. The largest absolute Gasteiger partial charge is 0.356 e. The average molecular weight is 437 g/mol. The van der Waals surface area contributed by atoms with E-state index in [-0.39, 0.29) is 18.4 Å². The second-order valence-electron chi connectivity index (χ2n) is 6.11. The molecule has 1 fully saturated rings. The molecular weight excluding hydrogens is 412 g/mol. The lowest BCUT2D eigenvalue weighted by atomic mass is 9.99. The summed E-state index contributed by atoms with van der Waals surface area (Å²) < 4.78 is 27.9. The van der Waals surface area contributed by atoms with Crippen LogP contribution in [0.2, 0.25) is 0 Å². The normalized spacial score (nSPS) is 19.3. The molecular formula is C16H25BrN2O3S2. The number of halogens is 1. The Labute approximate surface area is 157 Å². The predicted octanol–water partition coefficient (Wildman–Crippen LogP) is 3.61. The van der Waals surface area contributed by atoms with E-state index in [1.165, 1.54) is 28.5 Å². The third-order valence-electron chi connectivity index (χ3n) is 4.23. The molecule has 2 heterocycles. The minimum atomic E-state index is -3.50. The maximum absolute atomic E-state index is 12.7. The number of unbranched alkanes of at least 4 members (excludes halogenated alkanes) is 3. The molecule has 0 aromatic carbocycles. The number of rotatable bonds is 8. The van der Waals surface area contributed by atoms with Crippen LogP contribution in [0.25, 0.3) is 0 Å². The number of nitrogens with one attached hydrogen (secondary N) is 1. The van der Waals surface area contributed by atoms with Gasteiger partial charge in [-0.2, -0.15) is 4.31 Å². The fraction of sp³-hybridized carbons (Fsp3) is 0.688. The number of piperidine rings is 1. The lowest BCUT2D eigenvalue weighted by Crippen LogP contribution is -2.45. The van der Waals surface area contributed by atoms with E-state index in [0.29, 0.717) is 17.3 Å². The van der Waals surface area contributed by atoms with Gasteiger partial charge in [0.1, 0.15) is 4.21 Å². The van der Waals surface area contributed by atoms with Gasteiger partial charge in [-0.15, -0.1) is 11.3 Å². The van der Waals surface area contributed by atoms with E-state index >= 15 is 0 Å². The molecule has 1 N–H and O–H groups in total. The summed E-state index contributed by atoms with van der Waals surface area (Å²) in [5.74, 6) is -0.262. The second kappa shape index (κ2) is 9.31. The molecule has 1 aliphatic rings. The number of nitrogens with zero attached hydrogens (tertiary/aromatic N) is 1. The fourth-order valence-corrected chi connectivity index (χ4v) is 6.53. The zero-order chi connectivity index (χ0) is 17.6. The van der Waals surface area contributed by atoms with Crippen LogP contribution in [0.3, 0.4) is 0 Å². The lowest BCUT2D eigenvalue weighted by Gasteiger charge is -2.30. The maximum atomic E-state index is 12.7. The van der Waals surface area contributed by atoms with Crippen molar-refractivity contribution in [3.05, 3.63) is 15.9 Å². The summed E-state index contributed by atoms with van der Waals surface area (Å²) >= 11 is 4.51. The SMILES string of the molecule is CCCCCCNC(=O)[C@H]1CCCN(S(=O)(=O)c2ccc(Br)s2)C1. The summed E-state index contributed by atoms with van der Waals surface area (Å²) in [5.41, 5.74) is 0. The molecule has 5 nitrogen and oxygen atoms in total. The van der Waals surface area contributed by atoms with Gasteiger partial charge < -0.3 is 5.32 Å². The molecule has 1 amide bonds. The molecule has 1 atom stereocenters. The standard InChI is InChI=1S/C16H25BrN2O3S2/c1-2-3-4-5-10-18-16(20)13-7-6-11-19(12-13)24(21,22)15-9-8-14(17)23-15/h8-9,13H,2-7,10-12H2,1H3,(H,18,20)/t13-/m0/s1. The molecule has 0 unspecified atom stereocenters. The van der Waals surface area contributed by atoms with Gasteiger partial charge in [0.2, 0.25) is 5.91 Å². The summed E-state index contributed by atoms with van der Waals surface area (Å²) in [5, 5.41) is 2.96. The number of hydrogen-bond donors (Lipinski definition) is 1. The fourth-order valence-electron chi connectivity index (χ4n) is 2.85. The number of thiophene rings is 1. The first kappa shape index (κ1) is 19.9. The van der Waals surface area contributed by atoms with Crippen LogP contribution >= 0.6 is 27.3 Å². The van der Waals surface area contributed by atoms with Crippen molar-refractivity contribution in [2.45, 2.75) is 49.7 Å². The predicted molar refractivity (Wildman–Crippen MR) is 101 cm³/mol. The van der Waals surface area contributed by atoms with E-state index in [1.807, 2.05) is 0 Å². The van der Waals surface area contributed by atoms with Gasteiger partial charge in [-0.05, 0) is 47.3 Å². The van der Waals surface area contributed by atoms with Crippen LogP contribution < -0.4 is 5.32 Å². The van der Waals surface area contributed by atoms with E-state index in [9.17, 15) is 13.2 Å². The highest BCUT2D eigenvalue weighted by Crippen LogP contribution is 2.30. The maximum Gasteiger partial charge on any atom is 0.252 e. The van der Waals surface area contributed by atoms with Gasteiger partial charge in [0.25, 0.3) is 10.0 Å². The van der Waals surface area contributed by atoms with Crippen molar-refractivity contribution in [3.63, 3.8) is 0 Å². The van der Waals surface area contributed by atoms with Crippen molar-refractivity contribution >= 4 is 43.2 Å². The number of amides is 1. The number of hydrogen-bond acceptors (Lipinski definition) is 4. The zero-order valence-corrected chi connectivity index (χ0v) is 17.2. The Morgan fingerprint density at radius 3 is 2.83 bits per heavy atom. The molecule has 8 heteroatoms. The number of carbonyl (C=O) groups excluding carboxylic acids is 1. The van der Waals surface area contributed by atoms with Gasteiger partial charge in [-0.3, -0.25) is 4.79 Å². The van der Waals surface area contributed by atoms with Crippen LogP contribution in [-0.2, 0) is 14.8 Å². The van der Waals surface area contributed by atoms with E-state index < -0.39 is 10.0 Å². The molecule has 2 rings (SSSR count). The van der Waals surface area contributed by atoms with E-state index in [1.54, 1.807) is 12.1 Å². The molecule has 0 bridgehead atoms. The van der Waals surface area contributed by atoms with Crippen molar-refractivity contribution < 1.29 is 13.2 Å². The minimum absolute atomic E-state index is 0.0150. The first-order chi connectivity index (χ1) is 11.4. The summed E-state index contributed by atoms with van der Waals surface area (Å²) in [4.78, 5) is 12.3. The quantitative estimate of drug-likeness (QED) is 0.632. The monoisotopic (exact) mass is 436 g/mol. The third-order valence-corrected chi connectivity index (χ3v) is 8.18. The third kappa shape index (κ3) is 5.28. The highest BCUT2D eigenvalue weighted by atomic mass is 79.9. The van der Waals surface area contributed by atoms with Gasteiger partial charge in [-0.25, -0.2) is 8.42 Å². The highest BCUT2D eigenvalue weighted by Gasteiger charge is 2.33. The van der Waals surface area contributed by atoms with Crippen molar-refractivity contribution in [1.29, 1.82) is 0 Å². The molecule has 0 spiro atoms. The first-order valence-corrected chi connectivity index (χ1v) is 11.5. The minimum Gasteiger partial charge on any atom is -0.356 e. The molecule has 136 valence electrons. The van der Waals surface area contributed by atoms with Crippen LogP contribution in [0.1, 0.15) is 45.4 Å². The van der Waals surface area contributed by atoms with E-state index in [4.69, 9.17) is 0 Å². The Kier molecular flexibility index (Phi) is 7.71. The van der Waals surface area contributed by atoms with Crippen molar-refractivity contribution in [3.8, 4) is 0 Å². The van der Waals surface area contributed by atoms with Gasteiger partial charge in [0.15, 0.2) is 0 Å². The van der Waals surface area contributed by atoms with Crippen LogP contribution in [0.4, 0.5) is 0 Å². The average Bonchev–Trinajstić information content (AvgIpc) is 3.02. The zero-order valence-electron chi connectivity index (χ0n) is 14.0. The van der Waals surface area contributed by atoms with Crippen molar-refractivity contribution in [2.75, 3.05) is 19.6 Å². The van der Waals surface area contributed by atoms with E-state index in [2.05, 4.69) is 28.2 Å². The van der Waals surface area contributed by atoms with Crippen LogP contribution in [0, 0.1) is 5.92 Å². The molecule has 1 aromatic heterocycles. The molecule has 1 aliphatic heterocycles. The molecule has 1 saturated heterocycles. The molecule has 1 aromatic rings. The Morgan fingerprint density at radius 2 is 2.17 bits per heavy atom. The molecule has 0 radical (unpaired) electrons. The summed E-state index contributed by atoms with van der Waals surface area (Å²) in [6, 6.07) is 3.35. The van der Waals surface area contributed by atoms with Gasteiger partial charge in [0, 0.05) is 19.6 Å². The topological polar surface area (TPSA) is 66.5 Å². The van der Waals surface area contributed by atoms with Crippen molar-refractivity contribution in [2.24, 2.45) is 5.92 Å². The lowest BCUT2D eigenvalue weighted by molar-refractivity contribution is -0.126. The number of carbonyl (C=O) groups is 1. The van der Waals surface area contributed by atoms with Gasteiger partial charge in [0.05, 0.1) is 9.70 Å². The van der Waals surface area contributed by atoms with Gasteiger partial charge in [-0.1, -0.05) is 26.2 Å². The Bertz CT molecular complexity index is 646. The molecule has 0 aliphatic carbocycles. The van der Waals surface area contributed by atoms with Crippen LogP contribution in [0.5, 0.6) is 0 Å². The Balaban J connectivity index is 1.90. The van der Waals surface area contributed by atoms with E-state index in [0.717, 1.165) is 29.5 Å².